The summed E-state index contributed by atoms with van der Waals surface area (Å²) >= 11 is 0. The number of aliphatic hydroxyl groups excluding tert-OH is 1. The maximum Gasteiger partial charge on any atom is 0.309 e. The Kier molecular flexibility index (Phi) is 6.99. The quantitative estimate of drug-likeness (QED) is 0.463. The van der Waals surface area contributed by atoms with Gasteiger partial charge in [0.1, 0.15) is 11.9 Å². The highest BCUT2D eigenvalue weighted by molar-refractivity contribution is 5.78. The number of hydrogen-bond acceptors (Lipinski definition) is 4. The second kappa shape index (κ2) is 10.1. The average Bonchev–Trinajstić information content (AvgIpc) is 2.82. The molecule has 0 saturated carbocycles. The molecule has 0 amide bonds. The Morgan fingerprint density at radius 2 is 1.88 bits per heavy atom. The lowest BCUT2D eigenvalue weighted by Gasteiger charge is -2.24. The molecule has 0 spiro atoms. The van der Waals surface area contributed by atoms with Crippen LogP contribution in [0.2, 0.25) is 0 Å². The number of ether oxygens (including phenoxy) is 1. The third kappa shape index (κ3) is 5.37. The fourth-order valence-electron chi connectivity index (χ4n) is 4.09. The number of aromatic nitrogens is 1. The lowest BCUT2D eigenvalue weighted by molar-refractivity contribution is -0.156. The molecule has 1 aliphatic rings. The molecule has 5 heteroatoms. The molecular weight excluding hydrogens is 417 g/mol. The molecule has 1 aromatic heterocycles. The molecule has 3 aromatic rings. The SMILES string of the molecule is CC[C@@H](C)c1cc(-c2ccccc2)nc(-c2ccc(F)cc2)c1C=C[C@@H]1C[C@@H](O)CC(=O)O1. The van der Waals surface area contributed by atoms with Gasteiger partial charge < -0.3 is 9.84 Å². The third-order valence-corrected chi connectivity index (χ3v) is 6.09. The number of hydrogen-bond donors (Lipinski definition) is 1. The van der Waals surface area contributed by atoms with Crippen LogP contribution in [0.3, 0.4) is 0 Å². The first-order valence-electron chi connectivity index (χ1n) is 11.4. The Morgan fingerprint density at radius 1 is 1.15 bits per heavy atom. The van der Waals surface area contributed by atoms with E-state index >= 15 is 0 Å². The summed E-state index contributed by atoms with van der Waals surface area (Å²) in [5.74, 6) is -0.462. The van der Waals surface area contributed by atoms with Crippen molar-refractivity contribution in [1.82, 2.24) is 4.98 Å². The van der Waals surface area contributed by atoms with E-state index in [0.29, 0.717) is 6.42 Å². The van der Waals surface area contributed by atoms with Gasteiger partial charge in [-0.05, 0) is 54.3 Å². The fourth-order valence-corrected chi connectivity index (χ4v) is 4.09. The number of carbonyl (C=O) groups is 1. The summed E-state index contributed by atoms with van der Waals surface area (Å²) in [7, 11) is 0. The topological polar surface area (TPSA) is 59.4 Å². The van der Waals surface area contributed by atoms with Crippen LogP contribution in [0.1, 0.15) is 50.2 Å². The average molecular weight is 446 g/mol. The molecule has 4 rings (SSSR count). The molecule has 2 aromatic carbocycles. The molecule has 3 atom stereocenters. The van der Waals surface area contributed by atoms with Crippen molar-refractivity contribution in [3.8, 4) is 22.5 Å². The van der Waals surface area contributed by atoms with Crippen LogP contribution in [0.25, 0.3) is 28.6 Å². The minimum atomic E-state index is -0.704. The first-order valence-corrected chi connectivity index (χ1v) is 11.4. The van der Waals surface area contributed by atoms with Gasteiger partial charge in [0.25, 0.3) is 0 Å². The molecule has 1 N–H and O–H groups in total. The molecule has 1 aliphatic heterocycles. The third-order valence-electron chi connectivity index (χ3n) is 6.09. The van der Waals surface area contributed by atoms with Crippen LogP contribution < -0.4 is 0 Å². The zero-order valence-electron chi connectivity index (χ0n) is 18.9. The van der Waals surface area contributed by atoms with E-state index in [1.165, 1.54) is 12.1 Å². The Bertz CT molecular complexity index is 1140. The Morgan fingerprint density at radius 3 is 2.55 bits per heavy atom. The predicted octanol–water partition coefficient (Wildman–Crippen LogP) is 6.15. The molecule has 0 bridgehead atoms. The predicted molar refractivity (Wildman–Crippen MR) is 128 cm³/mol. The number of nitrogens with zero attached hydrogens (tertiary/aromatic N) is 1. The summed E-state index contributed by atoms with van der Waals surface area (Å²) in [4.78, 5) is 16.8. The number of pyridine rings is 1. The number of cyclic esters (lactones) is 1. The Labute approximate surface area is 193 Å². The van der Waals surface area contributed by atoms with Crippen molar-refractivity contribution in [3.05, 3.63) is 83.7 Å². The number of carbonyl (C=O) groups excluding carboxylic acids is 1. The highest BCUT2D eigenvalue weighted by Gasteiger charge is 2.26. The van der Waals surface area contributed by atoms with E-state index in [1.54, 1.807) is 12.1 Å². The summed E-state index contributed by atoms with van der Waals surface area (Å²) in [6.07, 6.45) is 3.86. The minimum absolute atomic E-state index is 0.0244. The molecule has 0 radical (unpaired) electrons. The minimum Gasteiger partial charge on any atom is -0.458 e. The van der Waals surface area contributed by atoms with Crippen molar-refractivity contribution >= 4 is 12.0 Å². The van der Waals surface area contributed by atoms with Crippen molar-refractivity contribution in [3.63, 3.8) is 0 Å². The van der Waals surface area contributed by atoms with E-state index in [4.69, 9.17) is 9.72 Å². The van der Waals surface area contributed by atoms with Crippen molar-refractivity contribution in [2.75, 3.05) is 0 Å². The largest absolute Gasteiger partial charge is 0.458 e. The second-order valence-corrected chi connectivity index (χ2v) is 8.52. The van der Waals surface area contributed by atoms with E-state index in [0.717, 1.165) is 40.1 Å². The standard InChI is InChI=1S/C28H28FNO3/c1-3-18(2)25-17-26(19-7-5-4-6-8-19)30-28(20-9-11-21(29)12-10-20)24(25)14-13-23-15-22(31)16-27(32)33-23/h4-14,17-18,22-23,31H,3,15-16H2,1-2H3/t18-,22-,23-/m1/s1. The number of halogens is 1. The van der Waals surface area contributed by atoms with Gasteiger partial charge in [-0.15, -0.1) is 0 Å². The summed E-state index contributed by atoms with van der Waals surface area (Å²) in [5, 5.41) is 9.97. The smallest absolute Gasteiger partial charge is 0.309 e. The molecule has 170 valence electrons. The van der Waals surface area contributed by atoms with Crippen LogP contribution in [-0.4, -0.2) is 28.3 Å². The molecule has 0 unspecified atom stereocenters. The zero-order valence-corrected chi connectivity index (χ0v) is 18.9. The van der Waals surface area contributed by atoms with Crippen molar-refractivity contribution < 1.29 is 19.0 Å². The summed E-state index contributed by atoms with van der Waals surface area (Å²) in [5.41, 5.74) is 5.42. The molecule has 0 aliphatic carbocycles. The zero-order chi connectivity index (χ0) is 23.4. The van der Waals surface area contributed by atoms with Crippen LogP contribution in [0.5, 0.6) is 0 Å². The van der Waals surface area contributed by atoms with Crippen LogP contribution in [0, 0.1) is 5.82 Å². The van der Waals surface area contributed by atoms with E-state index in [2.05, 4.69) is 19.9 Å². The van der Waals surface area contributed by atoms with Crippen LogP contribution in [0.4, 0.5) is 4.39 Å². The van der Waals surface area contributed by atoms with Crippen molar-refractivity contribution in [2.24, 2.45) is 0 Å². The molecule has 33 heavy (non-hydrogen) atoms. The van der Waals surface area contributed by atoms with E-state index < -0.39 is 18.2 Å². The maximum absolute atomic E-state index is 13.7. The number of rotatable bonds is 6. The van der Waals surface area contributed by atoms with Gasteiger partial charge in [-0.1, -0.05) is 50.3 Å². The first-order chi connectivity index (χ1) is 15.9. The maximum atomic E-state index is 13.7. The van der Waals surface area contributed by atoms with E-state index in [-0.39, 0.29) is 18.2 Å². The van der Waals surface area contributed by atoms with Gasteiger partial charge in [-0.2, -0.15) is 0 Å². The van der Waals surface area contributed by atoms with E-state index in [1.807, 2.05) is 42.5 Å². The molecule has 4 nitrogen and oxygen atoms in total. The monoisotopic (exact) mass is 445 g/mol. The highest BCUT2D eigenvalue weighted by Crippen LogP contribution is 2.35. The number of benzene rings is 2. The summed E-state index contributed by atoms with van der Waals surface area (Å²) < 4.78 is 19.1. The first kappa shape index (κ1) is 22.9. The summed E-state index contributed by atoms with van der Waals surface area (Å²) in [6, 6.07) is 18.4. The fraction of sp³-hybridized carbons (Fsp3) is 0.286. The van der Waals surface area contributed by atoms with Gasteiger partial charge >= 0.3 is 5.97 Å². The van der Waals surface area contributed by atoms with Gasteiger partial charge in [0.2, 0.25) is 0 Å². The molecular formula is C28H28FNO3. The van der Waals surface area contributed by atoms with Gasteiger partial charge in [0.15, 0.2) is 0 Å². The van der Waals surface area contributed by atoms with Gasteiger partial charge in [-0.3, -0.25) is 4.79 Å². The summed E-state index contributed by atoms with van der Waals surface area (Å²) in [6.45, 7) is 4.30. The van der Waals surface area contributed by atoms with Crippen molar-refractivity contribution in [1.29, 1.82) is 0 Å². The molecule has 1 fully saturated rings. The highest BCUT2D eigenvalue weighted by atomic mass is 19.1. The van der Waals surface area contributed by atoms with Crippen LogP contribution >= 0.6 is 0 Å². The van der Waals surface area contributed by atoms with Crippen molar-refractivity contribution in [2.45, 2.75) is 51.2 Å². The molecule has 2 heterocycles. The lowest BCUT2D eigenvalue weighted by atomic mass is 9.89. The van der Waals surface area contributed by atoms with Gasteiger partial charge in [-0.25, -0.2) is 9.37 Å². The Hall–Kier alpha value is -3.31. The van der Waals surface area contributed by atoms with Gasteiger partial charge in [0, 0.05) is 23.1 Å². The van der Waals surface area contributed by atoms with E-state index in [9.17, 15) is 14.3 Å². The van der Waals surface area contributed by atoms with Crippen LogP contribution in [0.15, 0.2) is 66.7 Å². The number of aliphatic hydroxyl groups is 1. The van der Waals surface area contributed by atoms with Crippen LogP contribution in [-0.2, 0) is 9.53 Å². The number of esters is 1. The molecule has 1 saturated heterocycles. The lowest BCUT2D eigenvalue weighted by Crippen LogP contribution is -2.31. The van der Waals surface area contributed by atoms with Gasteiger partial charge in [0.05, 0.1) is 23.9 Å². The Balaban J connectivity index is 1.87. The second-order valence-electron chi connectivity index (χ2n) is 8.52. The normalized spacial score (nSPS) is 19.5.